The lowest BCUT2D eigenvalue weighted by atomic mass is 10.2. The van der Waals surface area contributed by atoms with Crippen LogP contribution in [0.4, 0.5) is 4.79 Å². The maximum absolute atomic E-state index is 12.3. The number of nitrogens with zero attached hydrogens (tertiary/aromatic N) is 2. The quantitative estimate of drug-likeness (QED) is 0.518. The van der Waals surface area contributed by atoms with Gasteiger partial charge in [-0.2, -0.15) is 8.42 Å². The minimum atomic E-state index is -3.93. The van der Waals surface area contributed by atoms with Crippen LogP contribution in [-0.2, 0) is 25.7 Å². The van der Waals surface area contributed by atoms with Crippen LogP contribution in [0.25, 0.3) is 0 Å². The van der Waals surface area contributed by atoms with Crippen molar-refractivity contribution < 1.29 is 22.2 Å². The van der Waals surface area contributed by atoms with Crippen molar-refractivity contribution in [3.8, 4) is 0 Å². The highest BCUT2D eigenvalue weighted by molar-refractivity contribution is 7.86. The van der Waals surface area contributed by atoms with Crippen molar-refractivity contribution in [2.75, 3.05) is 13.1 Å². The molecule has 2 fully saturated rings. The first kappa shape index (κ1) is 20.4. The molecule has 1 aliphatic carbocycles. The highest BCUT2D eigenvalue weighted by atomic mass is 32.2. The molecule has 8 heteroatoms. The molecule has 0 spiro atoms. The summed E-state index contributed by atoms with van der Waals surface area (Å²) in [5, 5.41) is 3.88. The van der Waals surface area contributed by atoms with E-state index in [-0.39, 0.29) is 35.3 Å². The molecular weight excluding hydrogens is 404 g/mol. The third kappa shape index (κ3) is 4.33. The molecule has 158 valence electrons. The molecule has 3 atom stereocenters. The number of hydrogen-bond donors (Lipinski definition) is 0. The molecule has 2 aromatic carbocycles. The maximum atomic E-state index is 12.3. The molecule has 0 N–H and O–H groups in total. The van der Waals surface area contributed by atoms with Gasteiger partial charge in [-0.25, -0.2) is 4.79 Å². The van der Waals surface area contributed by atoms with Gasteiger partial charge in [0.05, 0.1) is 5.71 Å². The van der Waals surface area contributed by atoms with E-state index in [1.54, 1.807) is 24.0 Å². The Kier molecular flexibility index (Phi) is 5.51. The lowest BCUT2D eigenvalue weighted by Crippen LogP contribution is -2.32. The van der Waals surface area contributed by atoms with Crippen LogP contribution in [0.2, 0.25) is 0 Å². The van der Waals surface area contributed by atoms with Crippen LogP contribution in [0.1, 0.15) is 18.1 Å². The number of oxime groups is 1. The first-order valence-corrected chi connectivity index (χ1v) is 11.3. The van der Waals surface area contributed by atoms with Gasteiger partial charge >= 0.3 is 16.2 Å². The zero-order valence-corrected chi connectivity index (χ0v) is 17.7. The van der Waals surface area contributed by atoms with Crippen LogP contribution in [0, 0.1) is 24.7 Å². The van der Waals surface area contributed by atoms with Crippen molar-refractivity contribution in [2.45, 2.75) is 25.3 Å². The number of fused-ring (bicyclic) bond motifs is 1. The van der Waals surface area contributed by atoms with Crippen molar-refractivity contribution in [1.29, 1.82) is 0 Å². The monoisotopic (exact) mass is 428 g/mol. The molecule has 30 heavy (non-hydrogen) atoms. The number of rotatable bonds is 6. The fourth-order valence-corrected chi connectivity index (χ4v) is 4.79. The summed E-state index contributed by atoms with van der Waals surface area (Å²) in [5.74, 6) is 0.670. The molecular formula is C22H24N2O5S. The Morgan fingerprint density at radius 3 is 2.33 bits per heavy atom. The molecule has 1 amide bonds. The fraction of sp³-hybridized carbons (Fsp3) is 0.364. The minimum Gasteiger partial charge on any atom is -0.445 e. The summed E-state index contributed by atoms with van der Waals surface area (Å²) in [7, 11) is -3.93. The lowest BCUT2D eigenvalue weighted by molar-refractivity contribution is 0.0996. The third-order valence-corrected chi connectivity index (χ3v) is 6.85. The number of amides is 1. The number of ether oxygens (including phenoxy) is 1. The van der Waals surface area contributed by atoms with E-state index in [9.17, 15) is 13.2 Å². The van der Waals surface area contributed by atoms with Gasteiger partial charge in [-0.1, -0.05) is 53.2 Å². The maximum Gasteiger partial charge on any atom is 0.410 e. The van der Waals surface area contributed by atoms with Gasteiger partial charge < -0.3 is 9.64 Å². The Bertz CT molecular complexity index is 1040. The molecule has 0 radical (unpaired) electrons. The number of likely N-dealkylation sites (tertiary alicyclic amines) is 1. The number of aryl methyl sites for hydroxylation is 1. The van der Waals surface area contributed by atoms with Gasteiger partial charge in [0.25, 0.3) is 0 Å². The van der Waals surface area contributed by atoms with Crippen molar-refractivity contribution in [3.63, 3.8) is 0 Å². The van der Waals surface area contributed by atoms with Crippen LogP contribution in [0.3, 0.4) is 0 Å². The van der Waals surface area contributed by atoms with E-state index in [0.29, 0.717) is 18.8 Å². The number of carbonyl (C=O) groups excluding carboxylic acids is 1. The number of piperidine rings is 1. The Balaban J connectivity index is 1.28. The molecule has 0 bridgehead atoms. The van der Waals surface area contributed by atoms with Crippen LogP contribution in [0.15, 0.2) is 64.6 Å². The van der Waals surface area contributed by atoms with Gasteiger partial charge in [0.15, 0.2) is 0 Å². The number of hydrogen-bond acceptors (Lipinski definition) is 6. The van der Waals surface area contributed by atoms with E-state index >= 15 is 0 Å². The largest absolute Gasteiger partial charge is 0.445 e. The van der Waals surface area contributed by atoms with E-state index in [2.05, 4.69) is 5.16 Å². The van der Waals surface area contributed by atoms with E-state index in [4.69, 9.17) is 9.02 Å². The first-order chi connectivity index (χ1) is 14.3. The molecule has 4 rings (SSSR count). The van der Waals surface area contributed by atoms with E-state index in [1.165, 1.54) is 12.1 Å². The molecule has 1 unspecified atom stereocenters. The summed E-state index contributed by atoms with van der Waals surface area (Å²) in [6.07, 6.45) is -0.322. The summed E-state index contributed by atoms with van der Waals surface area (Å²) in [6.45, 7) is 5.07. The zero-order valence-electron chi connectivity index (χ0n) is 16.9. The first-order valence-electron chi connectivity index (χ1n) is 9.85. The van der Waals surface area contributed by atoms with Crippen LogP contribution in [-0.4, -0.2) is 38.2 Å². The zero-order chi connectivity index (χ0) is 21.3. The van der Waals surface area contributed by atoms with Gasteiger partial charge in [-0.3, -0.25) is 4.28 Å². The fourth-order valence-electron chi connectivity index (χ4n) is 4.02. The van der Waals surface area contributed by atoms with E-state index in [0.717, 1.165) is 11.1 Å². The molecule has 1 heterocycles. The van der Waals surface area contributed by atoms with Crippen LogP contribution in [0.5, 0.6) is 0 Å². The lowest BCUT2D eigenvalue weighted by Gasteiger charge is -2.19. The van der Waals surface area contributed by atoms with Crippen molar-refractivity contribution in [2.24, 2.45) is 22.9 Å². The normalized spacial score (nSPS) is 23.1. The molecule has 0 aromatic heterocycles. The predicted molar refractivity (Wildman–Crippen MR) is 111 cm³/mol. The predicted octanol–water partition coefficient (Wildman–Crippen LogP) is 3.59. The average Bonchev–Trinajstić information content (AvgIpc) is 3.24. The average molecular weight is 429 g/mol. The Hall–Kier alpha value is -2.87. The standard InChI is InChI=1S/C22H24N2O5S/c1-15-8-10-18(11-9-15)30(26,27)29-23-16(2)21-19-12-24(13-20(19)21)22(25)28-14-17-6-4-3-5-7-17/h3-11,19-21H,12-14H2,1-2H3/b23-16+/t19-,20+,21?. The molecule has 7 nitrogen and oxygen atoms in total. The van der Waals surface area contributed by atoms with Gasteiger partial charge in [0.2, 0.25) is 0 Å². The molecule has 1 saturated carbocycles. The molecule has 1 saturated heterocycles. The van der Waals surface area contributed by atoms with Gasteiger partial charge in [0.1, 0.15) is 11.5 Å². The summed E-state index contributed by atoms with van der Waals surface area (Å²) < 4.78 is 34.8. The second-order valence-electron chi connectivity index (χ2n) is 7.87. The van der Waals surface area contributed by atoms with Gasteiger partial charge in [-0.05, 0) is 43.4 Å². The highest BCUT2D eigenvalue weighted by Gasteiger charge is 2.58. The van der Waals surface area contributed by atoms with E-state index < -0.39 is 10.1 Å². The summed E-state index contributed by atoms with van der Waals surface area (Å²) >= 11 is 0. The molecule has 1 aliphatic heterocycles. The third-order valence-electron chi connectivity index (χ3n) is 5.73. The van der Waals surface area contributed by atoms with Crippen molar-refractivity contribution >= 4 is 21.9 Å². The second-order valence-corrected chi connectivity index (χ2v) is 9.40. The SMILES string of the molecule is C/C(=N\OS(=O)(=O)c1ccc(C)cc1)C1[C@H]2CN(C(=O)OCc3ccccc3)C[C@@H]12. The topological polar surface area (TPSA) is 85.3 Å². The van der Waals surface area contributed by atoms with Gasteiger partial charge in [0, 0.05) is 19.0 Å². The molecule has 2 aliphatic rings. The van der Waals surface area contributed by atoms with Crippen molar-refractivity contribution in [3.05, 3.63) is 65.7 Å². The smallest absolute Gasteiger partial charge is 0.410 e. The van der Waals surface area contributed by atoms with Crippen LogP contribution >= 0.6 is 0 Å². The Morgan fingerprint density at radius 1 is 1.07 bits per heavy atom. The number of benzene rings is 2. The molecule has 2 aromatic rings. The van der Waals surface area contributed by atoms with E-state index in [1.807, 2.05) is 37.3 Å². The number of carbonyl (C=O) groups is 1. The van der Waals surface area contributed by atoms with Crippen molar-refractivity contribution in [1.82, 2.24) is 4.90 Å². The second kappa shape index (κ2) is 8.10. The summed E-state index contributed by atoms with van der Waals surface area (Å²) in [6, 6.07) is 16.0. The van der Waals surface area contributed by atoms with Gasteiger partial charge in [-0.15, -0.1) is 0 Å². The Labute approximate surface area is 176 Å². The Morgan fingerprint density at radius 2 is 1.70 bits per heavy atom. The summed E-state index contributed by atoms with van der Waals surface area (Å²) in [4.78, 5) is 14.0. The van der Waals surface area contributed by atoms with Crippen LogP contribution < -0.4 is 0 Å². The minimum absolute atomic E-state index is 0.0768. The highest BCUT2D eigenvalue weighted by Crippen LogP contribution is 2.52. The summed E-state index contributed by atoms with van der Waals surface area (Å²) in [5.41, 5.74) is 2.55.